The van der Waals surface area contributed by atoms with Gasteiger partial charge in [-0.05, 0) is 35.9 Å². The zero-order valence-electron chi connectivity index (χ0n) is 14.1. The van der Waals surface area contributed by atoms with Gasteiger partial charge in [-0.2, -0.15) is 5.26 Å². The van der Waals surface area contributed by atoms with E-state index in [-0.39, 0.29) is 24.6 Å². The largest absolute Gasteiger partial charge is 0.497 e. The highest BCUT2D eigenvalue weighted by atomic mass is 16.5. The van der Waals surface area contributed by atoms with Crippen molar-refractivity contribution in [1.82, 2.24) is 10.3 Å². The molecule has 7 nitrogen and oxygen atoms in total. The van der Waals surface area contributed by atoms with Crippen LogP contribution in [0.25, 0.3) is 6.08 Å². The van der Waals surface area contributed by atoms with Gasteiger partial charge in [0, 0.05) is 18.0 Å². The van der Waals surface area contributed by atoms with E-state index in [4.69, 9.17) is 14.7 Å². The Morgan fingerprint density at radius 1 is 1.19 bits per heavy atom. The molecule has 0 unspecified atom stereocenters. The lowest BCUT2D eigenvalue weighted by Crippen LogP contribution is -2.28. The van der Waals surface area contributed by atoms with E-state index in [9.17, 15) is 9.59 Å². The van der Waals surface area contributed by atoms with Crippen LogP contribution in [0.5, 0.6) is 5.75 Å². The molecule has 0 fully saturated rings. The molecule has 0 aliphatic rings. The molecule has 2 aromatic rings. The van der Waals surface area contributed by atoms with Crippen LogP contribution in [0.3, 0.4) is 0 Å². The Kier molecular flexibility index (Phi) is 6.89. The fraction of sp³-hybridized carbons (Fsp3) is 0.158. The number of nitrogens with zero attached hydrogens (tertiary/aromatic N) is 2. The maximum atomic E-state index is 12.0. The molecule has 7 heteroatoms. The van der Waals surface area contributed by atoms with Crippen molar-refractivity contribution in [1.29, 1.82) is 5.26 Å². The third kappa shape index (κ3) is 5.46. The van der Waals surface area contributed by atoms with Gasteiger partial charge in [-0.3, -0.25) is 9.78 Å². The van der Waals surface area contributed by atoms with Crippen molar-refractivity contribution in [2.24, 2.45) is 0 Å². The summed E-state index contributed by atoms with van der Waals surface area (Å²) in [5, 5.41) is 11.7. The summed E-state index contributed by atoms with van der Waals surface area (Å²) in [6.45, 7) is 0.0887. The Morgan fingerprint density at radius 3 is 2.50 bits per heavy atom. The van der Waals surface area contributed by atoms with Crippen molar-refractivity contribution in [3.05, 3.63) is 65.5 Å². The number of nitrogens with one attached hydrogen (secondary N) is 1. The molecule has 0 aliphatic heterocycles. The molecule has 0 radical (unpaired) electrons. The molecule has 0 aliphatic carbocycles. The van der Waals surface area contributed by atoms with Crippen molar-refractivity contribution in [3.63, 3.8) is 0 Å². The predicted octanol–water partition coefficient (Wildman–Crippen LogP) is 1.97. The van der Waals surface area contributed by atoms with E-state index >= 15 is 0 Å². The van der Waals surface area contributed by atoms with Crippen LogP contribution in [0.15, 0.2) is 54.4 Å². The van der Waals surface area contributed by atoms with Crippen molar-refractivity contribution in [2.75, 3.05) is 20.3 Å². The van der Waals surface area contributed by atoms with Crippen molar-refractivity contribution in [2.45, 2.75) is 0 Å². The first-order valence-corrected chi connectivity index (χ1v) is 7.75. The maximum Gasteiger partial charge on any atom is 0.348 e. The van der Waals surface area contributed by atoms with E-state index in [2.05, 4.69) is 10.3 Å². The second-order valence-corrected chi connectivity index (χ2v) is 5.07. The number of amides is 1. The Balaban J connectivity index is 1.84. The molecule has 0 saturated heterocycles. The van der Waals surface area contributed by atoms with E-state index in [0.29, 0.717) is 16.9 Å². The van der Waals surface area contributed by atoms with E-state index in [1.165, 1.54) is 18.5 Å². The summed E-state index contributed by atoms with van der Waals surface area (Å²) < 4.78 is 10.1. The number of benzene rings is 1. The molecular formula is C19H17N3O4. The first-order valence-electron chi connectivity index (χ1n) is 7.75. The molecular weight excluding hydrogens is 334 g/mol. The Morgan fingerprint density at radius 2 is 1.88 bits per heavy atom. The molecule has 1 heterocycles. The van der Waals surface area contributed by atoms with Gasteiger partial charge in [-0.15, -0.1) is 0 Å². The quantitative estimate of drug-likeness (QED) is 0.354. The average molecular weight is 351 g/mol. The van der Waals surface area contributed by atoms with Crippen molar-refractivity contribution >= 4 is 18.0 Å². The molecule has 0 atom stereocenters. The summed E-state index contributed by atoms with van der Waals surface area (Å²) in [5.41, 5.74) is 1.00. The van der Waals surface area contributed by atoms with Crippen LogP contribution in [0.4, 0.5) is 0 Å². The van der Waals surface area contributed by atoms with Gasteiger partial charge in [-0.25, -0.2) is 4.79 Å². The van der Waals surface area contributed by atoms with Gasteiger partial charge in [0.2, 0.25) is 0 Å². The third-order valence-electron chi connectivity index (χ3n) is 3.33. The number of methoxy groups -OCH3 is 1. The highest BCUT2D eigenvalue weighted by molar-refractivity contribution is 5.98. The maximum absolute atomic E-state index is 12.0. The SMILES string of the molecule is COc1ccc(/C=C(\C#N)C(=O)OCCNC(=O)c2ccncc2)cc1. The number of hydrogen-bond acceptors (Lipinski definition) is 6. The second kappa shape index (κ2) is 9.59. The van der Waals surface area contributed by atoms with E-state index < -0.39 is 5.97 Å². The van der Waals surface area contributed by atoms with Gasteiger partial charge >= 0.3 is 5.97 Å². The number of nitriles is 1. The van der Waals surface area contributed by atoms with Crippen LogP contribution in [0, 0.1) is 11.3 Å². The molecule has 26 heavy (non-hydrogen) atoms. The van der Waals surface area contributed by atoms with Crippen molar-refractivity contribution in [3.8, 4) is 11.8 Å². The Bertz CT molecular complexity index is 824. The lowest BCUT2D eigenvalue weighted by atomic mass is 10.1. The summed E-state index contributed by atoms with van der Waals surface area (Å²) in [6.07, 6.45) is 4.45. The van der Waals surface area contributed by atoms with Crippen LogP contribution in [-0.2, 0) is 9.53 Å². The van der Waals surface area contributed by atoms with Crippen LogP contribution in [0.2, 0.25) is 0 Å². The van der Waals surface area contributed by atoms with Crippen LogP contribution in [0.1, 0.15) is 15.9 Å². The monoisotopic (exact) mass is 351 g/mol. The zero-order chi connectivity index (χ0) is 18.8. The minimum absolute atomic E-state index is 0.0444. The lowest BCUT2D eigenvalue weighted by molar-refractivity contribution is -0.138. The number of carbonyl (C=O) groups excluding carboxylic acids is 2. The number of ether oxygens (including phenoxy) is 2. The molecule has 0 bridgehead atoms. The molecule has 1 N–H and O–H groups in total. The highest BCUT2D eigenvalue weighted by Gasteiger charge is 2.11. The third-order valence-corrected chi connectivity index (χ3v) is 3.33. The smallest absolute Gasteiger partial charge is 0.348 e. The van der Waals surface area contributed by atoms with Crippen LogP contribution in [-0.4, -0.2) is 37.1 Å². The van der Waals surface area contributed by atoms with Gasteiger partial charge in [-0.1, -0.05) is 12.1 Å². The summed E-state index contributed by atoms with van der Waals surface area (Å²) >= 11 is 0. The number of esters is 1. The topological polar surface area (TPSA) is 101 Å². The zero-order valence-corrected chi connectivity index (χ0v) is 14.1. The highest BCUT2D eigenvalue weighted by Crippen LogP contribution is 2.14. The van der Waals surface area contributed by atoms with Gasteiger partial charge in [0.1, 0.15) is 24.0 Å². The first-order chi connectivity index (χ1) is 12.6. The Labute approximate surface area is 150 Å². The minimum atomic E-state index is -0.749. The normalized spacial score (nSPS) is 10.5. The second-order valence-electron chi connectivity index (χ2n) is 5.07. The van der Waals surface area contributed by atoms with Crippen LogP contribution >= 0.6 is 0 Å². The van der Waals surface area contributed by atoms with E-state index in [1.807, 2.05) is 6.07 Å². The van der Waals surface area contributed by atoms with Gasteiger partial charge in [0.25, 0.3) is 5.91 Å². The summed E-state index contributed by atoms with van der Waals surface area (Å²) in [7, 11) is 1.55. The number of aromatic nitrogens is 1. The fourth-order valence-electron chi connectivity index (χ4n) is 2.00. The van der Waals surface area contributed by atoms with E-state index in [0.717, 1.165) is 0 Å². The molecule has 0 spiro atoms. The minimum Gasteiger partial charge on any atom is -0.497 e. The number of carbonyl (C=O) groups is 2. The number of hydrogen-bond donors (Lipinski definition) is 1. The van der Waals surface area contributed by atoms with Crippen molar-refractivity contribution < 1.29 is 19.1 Å². The van der Waals surface area contributed by atoms with Gasteiger partial charge in [0.05, 0.1) is 13.7 Å². The fourth-order valence-corrected chi connectivity index (χ4v) is 2.00. The average Bonchev–Trinajstić information content (AvgIpc) is 2.70. The van der Waals surface area contributed by atoms with Crippen LogP contribution < -0.4 is 10.1 Å². The first kappa shape index (κ1) is 18.7. The van der Waals surface area contributed by atoms with Gasteiger partial charge < -0.3 is 14.8 Å². The predicted molar refractivity (Wildman–Crippen MR) is 94.1 cm³/mol. The number of rotatable bonds is 7. The molecule has 1 aromatic carbocycles. The molecule has 1 aromatic heterocycles. The summed E-state index contributed by atoms with van der Waals surface area (Å²) in [5.74, 6) is -0.368. The Hall–Kier alpha value is -3.66. The standard InChI is InChI=1S/C19H17N3O4/c1-25-17-4-2-14(3-5-17)12-16(13-20)19(24)26-11-10-22-18(23)15-6-8-21-9-7-15/h2-9,12H,10-11H2,1H3,(H,22,23)/b16-12+. The molecule has 132 valence electrons. The van der Waals surface area contributed by atoms with Gasteiger partial charge in [0.15, 0.2) is 0 Å². The molecule has 1 amide bonds. The molecule has 2 rings (SSSR count). The lowest BCUT2D eigenvalue weighted by Gasteiger charge is -2.06. The van der Waals surface area contributed by atoms with E-state index in [1.54, 1.807) is 43.5 Å². The number of pyridine rings is 1. The molecule has 0 saturated carbocycles. The summed E-state index contributed by atoms with van der Waals surface area (Å²) in [4.78, 5) is 27.6. The summed E-state index contributed by atoms with van der Waals surface area (Å²) in [6, 6.07) is 11.9.